The Morgan fingerprint density at radius 1 is 1.18 bits per heavy atom. The first-order valence-electron chi connectivity index (χ1n) is 8.95. The summed E-state index contributed by atoms with van der Waals surface area (Å²) < 4.78 is 16.3. The maximum atomic E-state index is 12.7. The molecule has 0 fully saturated rings. The molecule has 5 nitrogen and oxygen atoms in total. The van der Waals surface area contributed by atoms with Crippen molar-refractivity contribution in [3.63, 3.8) is 0 Å². The lowest BCUT2D eigenvalue weighted by Crippen LogP contribution is -2.28. The predicted octanol–water partition coefficient (Wildman–Crippen LogP) is 4.16. The molecule has 2 aliphatic rings. The summed E-state index contributed by atoms with van der Waals surface area (Å²) in [4.78, 5) is 12.7. The molecule has 0 saturated carbocycles. The molecular formula is C22H20ClNO4. The van der Waals surface area contributed by atoms with E-state index in [9.17, 15) is 4.79 Å². The van der Waals surface area contributed by atoms with Gasteiger partial charge in [-0.25, -0.2) is 4.79 Å². The topological polar surface area (TPSA) is 70.8 Å². The van der Waals surface area contributed by atoms with Crippen molar-refractivity contribution in [3.05, 3.63) is 81.4 Å². The summed E-state index contributed by atoms with van der Waals surface area (Å²) in [7, 11) is 2.95. The standard InChI is InChI=1S/C22H20ClNO4/c1-26-13-9-7-12-8-10-17-18(15(12)11-13)19(14-5-3-4-6-16(14)23)20(21(24)28-17)22(25)27-2/h3-7,9,11,19H,8,10,24H2,1-2H3/t19-/m0/s1. The van der Waals surface area contributed by atoms with Crippen LogP contribution in [-0.4, -0.2) is 20.2 Å². The minimum absolute atomic E-state index is 0.0573. The third kappa shape index (κ3) is 2.92. The molecule has 28 heavy (non-hydrogen) atoms. The summed E-state index contributed by atoms with van der Waals surface area (Å²) in [6.45, 7) is 0. The third-order valence-corrected chi connectivity index (χ3v) is 5.57. The van der Waals surface area contributed by atoms with Crippen molar-refractivity contribution in [3.8, 4) is 5.75 Å². The van der Waals surface area contributed by atoms with Crippen molar-refractivity contribution in [1.29, 1.82) is 0 Å². The fraction of sp³-hybridized carbons (Fsp3) is 0.227. The second-order valence-electron chi connectivity index (χ2n) is 6.69. The number of nitrogens with two attached hydrogens (primary N) is 1. The first-order valence-corrected chi connectivity index (χ1v) is 9.33. The Morgan fingerprint density at radius 3 is 2.68 bits per heavy atom. The lowest BCUT2D eigenvalue weighted by molar-refractivity contribution is -0.136. The van der Waals surface area contributed by atoms with E-state index in [2.05, 4.69) is 0 Å². The number of hydrogen-bond donors (Lipinski definition) is 1. The van der Waals surface area contributed by atoms with Gasteiger partial charge in [-0.15, -0.1) is 0 Å². The van der Waals surface area contributed by atoms with E-state index >= 15 is 0 Å². The van der Waals surface area contributed by atoms with Gasteiger partial charge in [0.25, 0.3) is 0 Å². The van der Waals surface area contributed by atoms with Gasteiger partial charge in [0, 0.05) is 17.0 Å². The van der Waals surface area contributed by atoms with Crippen LogP contribution in [-0.2, 0) is 20.7 Å². The highest BCUT2D eigenvalue weighted by Crippen LogP contribution is 2.50. The summed E-state index contributed by atoms with van der Waals surface area (Å²) in [5.41, 5.74) is 10.2. The van der Waals surface area contributed by atoms with Gasteiger partial charge < -0.3 is 19.9 Å². The number of allylic oxidation sites excluding steroid dienone is 2. The van der Waals surface area contributed by atoms with Crippen LogP contribution in [0.25, 0.3) is 5.57 Å². The van der Waals surface area contributed by atoms with Crippen LogP contribution in [0.2, 0.25) is 5.02 Å². The number of fused-ring (bicyclic) bond motifs is 2. The van der Waals surface area contributed by atoms with Crippen molar-refractivity contribution < 1.29 is 19.0 Å². The third-order valence-electron chi connectivity index (χ3n) is 5.23. The Hall–Kier alpha value is -2.92. The SMILES string of the molecule is COC(=O)C1=C(N)OC2=C(c3cc(OC)ccc3CC2)[C@@H]1c1ccccc1Cl. The van der Waals surface area contributed by atoms with Crippen molar-refractivity contribution in [1.82, 2.24) is 0 Å². The van der Waals surface area contributed by atoms with Crippen molar-refractivity contribution in [2.75, 3.05) is 14.2 Å². The van der Waals surface area contributed by atoms with Crippen LogP contribution in [0, 0.1) is 0 Å². The van der Waals surface area contributed by atoms with E-state index in [4.69, 9.17) is 31.5 Å². The average Bonchev–Trinajstić information content (AvgIpc) is 2.72. The number of ether oxygens (including phenoxy) is 3. The average molecular weight is 398 g/mol. The van der Waals surface area contributed by atoms with Crippen LogP contribution in [0.15, 0.2) is 59.7 Å². The molecular weight excluding hydrogens is 378 g/mol. The number of methoxy groups -OCH3 is 2. The molecule has 1 heterocycles. The Balaban J connectivity index is 1.99. The monoisotopic (exact) mass is 397 g/mol. The number of hydrogen-bond acceptors (Lipinski definition) is 5. The molecule has 4 rings (SSSR count). The van der Waals surface area contributed by atoms with E-state index in [-0.39, 0.29) is 11.5 Å². The molecule has 0 saturated heterocycles. The number of benzene rings is 2. The van der Waals surface area contributed by atoms with Gasteiger partial charge in [-0.05, 0) is 41.3 Å². The predicted molar refractivity (Wildman–Crippen MR) is 107 cm³/mol. The molecule has 2 aromatic rings. The zero-order valence-electron chi connectivity index (χ0n) is 15.6. The van der Waals surface area contributed by atoms with Gasteiger partial charge in [0.2, 0.25) is 5.88 Å². The van der Waals surface area contributed by atoms with Gasteiger partial charge in [-0.2, -0.15) is 0 Å². The van der Waals surface area contributed by atoms with Crippen LogP contribution in [0.1, 0.15) is 29.0 Å². The molecule has 1 atom stereocenters. The maximum Gasteiger partial charge on any atom is 0.340 e. The first-order chi connectivity index (χ1) is 13.5. The maximum absolute atomic E-state index is 12.7. The largest absolute Gasteiger partial charge is 0.497 e. The van der Waals surface area contributed by atoms with Gasteiger partial charge in [-0.1, -0.05) is 35.9 Å². The number of halogens is 1. The zero-order valence-corrected chi connectivity index (χ0v) is 16.4. The van der Waals surface area contributed by atoms with Crippen molar-refractivity contribution >= 4 is 23.1 Å². The molecule has 0 radical (unpaired) electrons. The van der Waals surface area contributed by atoms with Crippen molar-refractivity contribution in [2.24, 2.45) is 5.73 Å². The quantitative estimate of drug-likeness (QED) is 0.787. The molecule has 0 spiro atoms. The lowest BCUT2D eigenvalue weighted by Gasteiger charge is -2.34. The fourth-order valence-electron chi connectivity index (χ4n) is 3.93. The Kier molecular flexibility index (Phi) is 4.77. The van der Waals surface area contributed by atoms with Crippen LogP contribution in [0.5, 0.6) is 5.75 Å². The second-order valence-corrected chi connectivity index (χ2v) is 7.09. The lowest BCUT2D eigenvalue weighted by atomic mass is 9.75. The van der Waals surface area contributed by atoms with E-state index in [0.717, 1.165) is 40.2 Å². The highest BCUT2D eigenvalue weighted by atomic mass is 35.5. The fourth-order valence-corrected chi connectivity index (χ4v) is 4.17. The molecule has 0 aromatic heterocycles. The van der Waals surface area contributed by atoms with E-state index in [0.29, 0.717) is 11.4 Å². The minimum Gasteiger partial charge on any atom is -0.497 e. The van der Waals surface area contributed by atoms with Gasteiger partial charge >= 0.3 is 5.97 Å². The van der Waals surface area contributed by atoms with Crippen LogP contribution in [0.3, 0.4) is 0 Å². The van der Waals surface area contributed by atoms with Gasteiger partial charge in [0.05, 0.1) is 20.1 Å². The molecule has 0 unspecified atom stereocenters. The Labute approximate surface area is 168 Å². The Bertz CT molecular complexity index is 1020. The molecule has 6 heteroatoms. The molecule has 1 aliphatic heterocycles. The number of rotatable bonds is 3. The van der Waals surface area contributed by atoms with Gasteiger partial charge in [0.15, 0.2) is 0 Å². The smallest absolute Gasteiger partial charge is 0.340 e. The van der Waals surface area contributed by atoms with Crippen molar-refractivity contribution in [2.45, 2.75) is 18.8 Å². The summed E-state index contributed by atoms with van der Waals surface area (Å²) in [5, 5.41) is 0.547. The zero-order chi connectivity index (χ0) is 19.8. The summed E-state index contributed by atoms with van der Waals surface area (Å²) in [6.07, 6.45) is 1.50. The summed E-state index contributed by atoms with van der Waals surface area (Å²) in [6, 6.07) is 13.4. The van der Waals surface area contributed by atoms with Gasteiger partial charge in [0.1, 0.15) is 17.1 Å². The van der Waals surface area contributed by atoms with E-state index < -0.39 is 11.9 Å². The van der Waals surface area contributed by atoms with Crippen LogP contribution in [0.4, 0.5) is 0 Å². The number of carbonyl (C=O) groups is 1. The van der Waals surface area contributed by atoms with E-state index in [1.165, 1.54) is 7.11 Å². The Morgan fingerprint density at radius 2 is 1.96 bits per heavy atom. The minimum atomic E-state index is -0.538. The molecule has 0 amide bonds. The number of esters is 1. The number of carbonyl (C=O) groups excluding carboxylic acids is 1. The normalized spacial score (nSPS) is 18.2. The van der Waals surface area contributed by atoms with E-state index in [1.807, 2.05) is 36.4 Å². The van der Waals surface area contributed by atoms with E-state index in [1.54, 1.807) is 13.2 Å². The first kappa shape index (κ1) is 18.4. The highest BCUT2D eigenvalue weighted by molar-refractivity contribution is 6.31. The molecule has 2 N–H and O–H groups in total. The second kappa shape index (κ2) is 7.24. The molecule has 144 valence electrons. The summed E-state index contributed by atoms with van der Waals surface area (Å²) in [5.74, 6) is 0.505. The molecule has 2 aromatic carbocycles. The molecule has 0 bridgehead atoms. The highest BCUT2D eigenvalue weighted by Gasteiger charge is 2.40. The van der Waals surface area contributed by atoms with Gasteiger partial charge in [-0.3, -0.25) is 0 Å². The van der Waals surface area contributed by atoms with Crippen LogP contribution < -0.4 is 10.5 Å². The van der Waals surface area contributed by atoms with Crippen LogP contribution >= 0.6 is 11.6 Å². The number of aryl methyl sites for hydroxylation is 1. The molecule has 1 aliphatic carbocycles. The summed E-state index contributed by atoms with van der Waals surface area (Å²) >= 11 is 6.53.